The number of primary amides is 1. The van der Waals surface area contributed by atoms with Gasteiger partial charge in [0.05, 0.1) is 0 Å². The van der Waals surface area contributed by atoms with Crippen LogP contribution in [0.15, 0.2) is 78.9 Å². The number of hydrogen-bond acceptors (Lipinski definition) is 3. The molecule has 5 nitrogen and oxygen atoms in total. The number of nitrogens with zero attached hydrogens (tertiary/aromatic N) is 1. The zero-order chi connectivity index (χ0) is 20.4. The number of ether oxygens (including phenoxy) is 1. The summed E-state index contributed by atoms with van der Waals surface area (Å²) in [5.41, 5.74) is 8.80. The Morgan fingerprint density at radius 3 is 2.34 bits per heavy atom. The molecule has 0 aromatic heterocycles. The van der Waals surface area contributed by atoms with E-state index < -0.39 is 11.5 Å². The third-order valence-electron chi connectivity index (χ3n) is 5.39. The van der Waals surface area contributed by atoms with Crippen LogP contribution in [0.5, 0.6) is 0 Å². The van der Waals surface area contributed by atoms with Crippen molar-refractivity contribution in [2.24, 2.45) is 5.73 Å². The van der Waals surface area contributed by atoms with Crippen LogP contribution in [0.4, 0.5) is 10.5 Å². The first-order chi connectivity index (χ1) is 14.0. The number of carbonyl (C=O) groups is 2. The molecule has 1 heterocycles. The number of rotatable bonds is 4. The number of cyclic esters (lactones) is 1. The maximum absolute atomic E-state index is 12.8. The minimum Gasteiger partial charge on any atom is -0.438 e. The molecule has 3 aromatic carbocycles. The number of amides is 2. The molecule has 1 fully saturated rings. The number of anilines is 1. The van der Waals surface area contributed by atoms with E-state index in [1.54, 1.807) is 17.0 Å². The monoisotopic (exact) mass is 386 g/mol. The van der Waals surface area contributed by atoms with Crippen molar-refractivity contribution in [3.8, 4) is 11.1 Å². The van der Waals surface area contributed by atoms with E-state index in [2.05, 4.69) is 0 Å². The molecule has 1 saturated heterocycles. The SMILES string of the molecule is CC1(c2ccccc2)CCN(c2cccc(-c3ccc(C(N)=O)cc3)c2)C(=O)O1. The van der Waals surface area contributed by atoms with Gasteiger partial charge in [0.1, 0.15) is 5.60 Å². The predicted molar refractivity (Wildman–Crippen MR) is 113 cm³/mol. The first kappa shape index (κ1) is 18.7. The largest absolute Gasteiger partial charge is 0.438 e. The normalized spacial score (nSPS) is 18.9. The van der Waals surface area contributed by atoms with Crippen LogP contribution in [0.25, 0.3) is 11.1 Å². The molecular formula is C24H22N2O3. The van der Waals surface area contributed by atoms with E-state index in [1.165, 1.54) is 0 Å². The highest BCUT2D eigenvalue weighted by atomic mass is 16.6. The molecular weight excluding hydrogens is 364 g/mol. The van der Waals surface area contributed by atoms with Gasteiger partial charge in [-0.2, -0.15) is 0 Å². The van der Waals surface area contributed by atoms with Crippen LogP contribution in [0, 0.1) is 0 Å². The molecule has 3 aromatic rings. The first-order valence-corrected chi connectivity index (χ1v) is 9.53. The second-order valence-corrected chi connectivity index (χ2v) is 7.36. The van der Waals surface area contributed by atoms with Gasteiger partial charge in [-0.3, -0.25) is 9.69 Å². The van der Waals surface area contributed by atoms with Crippen LogP contribution in [-0.4, -0.2) is 18.5 Å². The Hall–Kier alpha value is -3.60. The van der Waals surface area contributed by atoms with Crippen LogP contribution in [-0.2, 0) is 10.3 Å². The van der Waals surface area contributed by atoms with Gasteiger partial charge < -0.3 is 10.5 Å². The van der Waals surface area contributed by atoms with Crippen LogP contribution < -0.4 is 10.6 Å². The minimum atomic E-state index is -0.628. The smallest absolute Gasteiger partial charge is 0.415 e. The molecule has 0 saturated carbocycles. The summed E-state index contributed by atoms with van der Waals surface area (Å²) in [6.45, 7) is 2.52. The Morgan fingerprint density at radius 2 is 1.69 bits per heavy atom. The minimum absolute atomic E-state index is 0.358. The van der Waals surface area contributed by atoms with Crippen molar-refractivity contribution in [3.63, 3.8) is 0 Å². The summed E-state index contributed by atoms with van der Waals surface area (Å²) in [6.07, 6.45) is 0.337. The number of nitrogens with two attached hydrogens (primary N) is 1. The lowest BCUT2D eigenvalue weighted by atomic mass is 9.91. The predicted octanol–water partition coefficient (Wildman–Crippen LogP) is 4.71. The lowest BCUT2D eigenvalue weighted by Crippen LogP contribution is -2.46. The van der Waals surface area contributed by atoms with Crippen LogP contribution in [0.2, 0.25) is 0 Å². The van der Waals surface area contributed by atoms with Gasteiger partial charge in [0.25, 0.3) is 0 Å². The van der Waals surface area contributed by atoms with E-state index in [1.807, 2.05) is 73.7 Å². The summed E-state index contributed by atoms with van der Waals surface area (Å²) < 4.78 is 5.85. The molecule has 0 spiro atoms. The maximum Gasteiger partial charge on any atom is 0.415 e. The highest BCUT2D eigenvalue weighted by molar-refractivity contribution is 5.93. The van der Waals surface area contributed by atoms with Gasteiger partial charge in [0.2, 0.25) is 5.91 Å². The second-order valence-electron chi connectivity index (χ2n) is 7.36. The summed E-state index contributed by atoms with van der Waals surface area (Å²) in [5, 5.41) is 0. The quantitative estimate of drug-likeness (QED) is 0.705. The van der Waals surface area contributed by atoms with Gasteiger partial charge in [-0.1, -0.05) is 54.6 Å². The Bertz CT molecular complexity index is 1050. The molecule has 146 valence electrons. The van der Waals surface area contributed by atoms with Crippen molar-refractivity contribution in [2.45, 2.75) is 18.9 Å². The highest BCUT2D eigenvalue weighted by Gasteiger charge is 2.38. The van der Waals surface area contributed by atoms with E-state index in [-0.39, 0.29) is 6.09 Å². The van der Waals surface area contributed by atoms with Gasteiger partial charge in [0, 0.05) is 24.2 Å². The van der Waals surface area contributed by atoms with Gasteiger partial charge in [-0.15, -0.1) is 0 Å². The fraction of sp³-hybridized carbons (Fsp3) is 0.167. The summed E-state index contributed by atoms with van der Waals surface area (Å²) in [4.78, 5) is 25.7. The lowest BCUT2D eigenvalue weighted by Gasteiger charge is -2.39. The van der Waals surface area contributed by atoms with E-state index in [0.717, 1.165) is 22.4 Å². The van der Waals surface area contributed by atoms with Gasteiger partial charge in [-0.05, 0) is 47.9 Å². The van der Waals surface area contributed by atoms with Crippen LogP contribution >= 0.6 is 0 Å². The molecule has 1 atom stereocenters. The summed E-state index contributed by atoms with van der Waals surface area (Å²) >= 11 is 0. The Balaban J connectivity index is 1.56. The summed E-state index contributed by atoms with van der Waals surface area (Å²) in [5.74, 6) is -0.456. The first-order valence-electron chi connectivity index (χ1n) is 9.53. The molecule has 1 aliphatic rings. The number of carbonyl (C=O) groups excluding carboxylic acids is 2. The summed E-state index contributed by atoms with van der Waals surface area (Å²) in [6, 6.07) is 24.6. The van der Waals surface area contributed by atoms with E-state index in [4.69, 9.17) is 10.5 Å². The molecule has 0 bridgehead atoms. The van der Waals surface area contributed by atoms with E-state index in [9.17, 15) is 9.59 Å². The van der Waals surface area contributed by atoms with Crippen molar-refractivity contribution >= 4 is 17.7 Å². The fourth-order valence-electron chi connectivity index (χ4n) is 3.62. The van der Waals surface area contributed by atoms with Gasteiger partial charge >= 0.3 is 6.09 Å². The van der Waals surface area contributed by atoms with Crippen molar-refractivity contribution in [1.29, 1.82) is 0 Å². The zero-order valence-corrected chi connectivity index (χ0v) is 16.2. The average Bonchev–Trinajstić information content (AvgIpc) is 2.74. The average molecular weight is 386 g/mol. The zero-order valence-electron chi connectivity index (χ0n) is 16.2. The molecule has 0 radical (unpaired) electrons. The molecule has 5 heteroatoms. The number of benzene rings is 3. The van der Waals surface area contributed by atoms with Crippen LogP contribution in [0.3, 0.4) is 0 Å². The van der Waals surface area contributed by atoms with E-state index >= 15 is 0 Å². The lowest BCUT2D eigenvalue weighted by molar-refractivity contribution is 0.00582. The maximum atomic E-state index is 12.8. The molecule has 0 aliphatic carbocycles. The van der Waals surface area contributed by atoms with Crippen molar-refractivity contribution in [2.75, 3.05) is 11.4 Å². The third-order valence-corrected chi connectivity index (χ3v) is 5.39. The molecule has 1 aliphatic heterocycles. The second kappa shape index (κ2) is 7.43. The Labute approximate surface area is 169 Å². The van der Waals surface area contributed by atoms with Gasteiger partial charge in [0.15, 0.2) is 0 Å². The van der Waals surface area contributed by atoms with Crippen molar-refractivity contribution in [1.82, 2.24) is 0 Å². The van der Waals surface area contributed by atoms with E-state index in [0.29, 0.717) is 18.5 Å². The topological polar surface area (TPSA) is 72.6 Å². The van der Waals surface area contributed by atoms with Crippen LogP contribution in [0.1, 0.15) is 29.3 Å². The fourth-order valence-corrected chi connectivity index (χ4v) is 3.62. The molecule has 29 heavy (non-hydrogen) atoms. The highest BCUT2D eigenvalue weighted by Crippen LogP contribution is 2.36. The van der Waals surface area contributed by atoms with Crippen molar-refractivity contribution < 1.29 is 14.3 Å². The molecule has 2 N–H and O–H groups in total. The standard InChI is InChI=1S/C24H22N2O3/c1-24(20-7-3-2-4-8-20)14-15-26(23(28)29-24)21-9-5-6-19(16-21)17-10-12-18(13-11-17)22(25)27/h2-13,16H,14-15H2,1H3,(H2,25,27). The molecule has 1 unspecified atom stereocenters. The van der Waals surface area contributed by atoms with Gasteiger partial charge in [-0.25, -0.2) is 4.79 Å². The third kappa shape index (κ3) is 3.72. The number of hydrogen-bond donors (Lipinski definition) is 1. The summed E-state index contributed by atoms with van der Waals surface area (Å²) in [7, 11) is 0. The molecule has 4 rings (SSSR count). The Kier molecular flexibility index (Phi) is 4.80. The molecule has 2 amide bonds. The van der Waals surface area contributed by atoms with Crippen molar-refractivity contribution in [3.05, 3.63) is 90.0 Å². The Morgan fingerprint density at radius 1 is 0.966 bits per heavy atom.